The lowest BCUT2D eigenvalue weighted by Crippen LogP contribution is -2.13. The highest BCUT2D eigenvalue weighted by atomic mass is 16.6. The van der Waals surface area contributed by atoms with Crippen molar-refractivity contribution in [1.29, 1.82) is 0 Å². The Morgan fingerprint density at radius 2 is 1.81 bits per heavy atom. The number of nitro groups is 1. The zero-order valence-electron chi connectivity index (χ0n) is 11.6. The molecule has 0 amide bonds. The summed E-state index contributed by atoms with van der Waals surface area (Å²) in [6.45, 7) is 0.192. The molecule has 0 saturated heterocycles. The second-order valence-electron chi connectivity index (χ2n) is 4.52. The van der Waals surface area contributed by atoms with E-state index < -0.39 is 11.0 Å². The highest BCUT2D eigenvalue weighted by Gasteiger charge is 2.19. The monoisotopic (exact) mass is 287 g/mol. The Hall–Kier alpha value is -2.60. The van der Waals surface area contributed by atoms with Gasteiger partial charge >= 0.3 is 5.69 Å². The minimum atomic E-state index is -0.732. The van der Waals surface area contributed by atoms with Crippen molar-refractivity contribution in [1.82, 2.24) is 0 Å². The third-order valence-electron chi connectivity index (χ3n) is 3.16. The zero-order chi connectivity index (χ0) is 15.2. The Bertz CT molecular complexity index is 617. The number of hydrogen-bond donors (Lipinski definition) is 3. The van der Waals surface area contributed by atoms with Crippen molar-refractivity contribution in [2.24, 2.45) is 0 Å². The standard InChI is InChI=1S/C15H17N3O3/c1-16-12-8-5-9-13(15(12)18(20)21)17-10-14(19)11-6-3-2-4-7-11/h2-9,14,16-17,19H,10H2,1H3. The molecule has 21 heavy (non-hydrogen) atoms. The fourth-order valence-corrected chi connectivity index (χ4v) is 2.08. The number of anilines is 2. The van der Waals surface area contributed by atoms with E-state index >= 15 is 0 Å². The van der Waals surface area contributed by atoms with Crippen LogP contribution in [0.5, 0.6) is 0 Å². The summed E-state index contributed by atoms with van der Waals surface area (Å²) in [7, 11) is 1.63. The van der Waals surface area contributed by atoms with Gasteiger partial charge in [0.25, 0.3) is 0 Å². The Labute approximate surface area is 122 Å². The van der Waals surface area contributed by atoms with Gasteiger partial charge < -0.3 is 15.7 Å². The number of nitrogens with zero attached hydrogens (tertiary/aromatic N) is 1. The summed E-state index contributed by atoms with van der Waals surface area (Å²) in [5.41, 5.74) is 1.54. The first-order valence-electron chi connectivity index (χ1n) is 6.55. The Kier molecular flexibility index (Phi) is 4.73. The van der Waals surface area contributed by atoms with Crippen molar-refractivity contribution in [2.75, 3.05) is 24.2 Å². The number of para-hydroxylation sites is 1. The van der Waals surface area contributed by atoms with Crippen LogP contribution in [0, 0.1) is 10.1 Å². The molecule has 6 heteroatoms. The molecule has 0 heterocycles. The zero-order valence-corrected chi connectivity index (χ0v) is 11.6. The normalized spacial score (nSPS) is 11.7. The highest BCUT2D eigenvalue weighted by molar-refractivity contribution is 5.76. The summed E-state index contributed by atoms with van der Waals surface area (Å²) in [6, 6.07) is 14.1. The molecule has 0 aliphatic heterocycles. The van der Waals surface area contributed by atoms with Crippen LogP contribution in [0.3, 0.4) is 0 Å². The van der Waals surface area contributed by atoms with Crippen LogP contribution in [0.2, 0.25) is 0 Å². The molecule has 2 rings (SSSR count). The summed E-state index contributed by atoms with van der Waals surface area (Å²) in [5, 5.41) is 27.0. The first-order chi connectivity index (χ1) is 10.1. The Morgan fingerprint density at radius 3 is 2.43 bits per heavy atom. The molecule has 0 aliphatic carbocycles. The van der Waals surface area contributed by atoms with Crippen molar-refractivity contribution >= 4 is 17.1 Å². The van der Waals surface area contributed by atoms with Gasteiger partial charge in [0.1, 0.15) is 11.4 Å². The molecular formula is C15H17N3O3. The predicted octanol–water partition coefficient (Wildman–Crippen LogP) is 2.78. The van der Waals surface area contributed by atoms with E-state index in [0.29, 0.717) is 11.4 Å². The minimum Gasteiger partial charge on any atom is -0.387 e. The minimum absolute atomic E-state index is 0.0275. The fraction of sp³-hybridized carbons (Fsp3) is 0.200. The Morgan fingerprint density at radius 1 is 1.14 bits per heavy atom. The van der Waals surface area contributed by atoms with Crippen LogP contribution >= 0.6 is 0 Å². The van der Waals surface area contributed by atoms with E-state index in [1.165, 1.54) is 0 Å². The largest absolute Gasteiger partial charge is 0.387 e. The maximum atomic E-state index is 11.2. The number of hydrogen-bond acceptors (Lipinski definition) is 5. The number of nitrogens with one attached hydrogen (secondary N) is 2. The molecule has 110 valence electrons. The number of aliphatic hydroxyl groups is 1. The van der Waals surface area contributed by atoms with Crippen molar-refractivity contribution in [3.8, 4) is 0 Å². The molecule has 2 aromatic carbocycles. The second-order valence-corrected chi connectivity index (χ2v) is 4.52. The molecular weight excluding hydrogens is 270 g/mol. The van der Waals surface area contributed by atoms with Crippen LogP contribution in [-0.4, -0.2) is 23.6 Å². The Balaban J connectivity index is 2.15. The van der Waals surface area contributed by atoms with Crippen LogP contribution in [0.25, 0.3) is 0 Å². The maximum Gasteiger partial charge on any atom is 0.315 e. The van der Waals surface area contributed by atoms with E-state index in [1.807, 2.05) is 30.3 Å². The average molecular weight is 287 g/mol. The van der Waals surface area contributed by atoms with Crippen LogP contribution in [0.15, 0.2) is 48.5 Å². The molecule has 0 aliphatic rings. The molecule has 0 aromatic heterocycles. The third kappa shape index (κ3) is 3.49. The van der Waals surface area contributed by atoms with Crippen LogP contribution in [-0.2, 0) is 0 Å². The average Bonchev–Trinajstić information content (AvgIpc) is 2.52. The van der Waals surface area contributed by atoms with E-state index in [9.17, 15) is 15.2 Å². The van der Waals surface area contributed by atoms with Gasteiger partial charge in [-0.1, -0.05) is 36.4 Å². The molecule has 2 aromatic rings. The van der Waals surface area contributed by atoms with Crippen molar-refractivity contribution in [2.45, 2.75) is 6.10 Å². The summed E-state index contributed by atoms with van der Waals surface area (Å²) < 4.78 is 0. The van der Waals surface area contributed by atoms with Gasteiger partial charge in [0.15, 0.2) is 0 Å². The van der Waals surface area contributed by atoms with E-state index in [2.05, 4.69) is 10.6 Å². The summed E-state index contributed by atoms with van der Waals surface area (Å²) in [6.07, 6.45) is -0.732. The lowest BCUT2D eigenvalue weighted by molar-refractivity contribution is -0.383. The highest BCUT2D eigenvalue weighted by Crippen LogP contribution is 2.32. The van der Waals surface area contributed by atoms with Gasteiger partial charge in [0, 0.05) is 13.6 Å². The molecule has 0 fully saturated rings. The SMILES string of the molecule is CNc1cccc(NCC(O)c2ccccc2)c1[N+](=O)[O-]. The van der Waals surface area contributed by atoms with E-state index in [-0.39, 0.29) is 12.2 Å². The van der Waals surface area contributed by atoms with E-state index in [4.69, 9.17) is 0 Å². The third-order valence-corrected chi connectivity index (χ3v) is 3.16. The van der Waals surface area contributed by atoms with Crippen molar-refractivity contribution in [3.05, 3.63) is 64.2 Å². The van der Waals surface area contributed by atoms with Gasteiger partial charge in [-0.05, 0) is 17.7 Å². The van der Waals surface area contributed by atoms with Gasteiger partial charge in [0.05, 0.1) is 11.0 Å². The first-order valence-corrected chi connectivity index (χ1v) is 6.55. The van der Waals surface area contributed by atoms with Gasteiger partial charge in [-0.3, -0.25) is 10.1 Å². The van der Waals surface area contributed by atoms with Crippen LogP contribution in [0.4, 0.5) is 17.1 Å². The number of benzene rings is 2. The number of nitro benzene ring substituents is 1. The molecule has 6 nitrogen and oxygen atoms in total. The van der Waals surface area contributed by atoms with E-state index in [1.54, 1.807) is 25.2 Å². The fourth-order valence-electron chi connectivity index (χ4n) is 2.08. The summed E-state index contributed by atoms with van der Waals surface area (Å²) in [4.78, 5) is 10.7. The quantitative estimate of drug-likeness (QED) is 0.561. The number of rotatable bonds is 6. The topological polar surface area (TPSA) is 87.4 Å². The summed E-state index contributed by atoms with van der Waals surface area (Å²) >= 11 is 0. The maximum absolute atomic E-state index is 11.2. The second kappa shape index (κ2) is 6.71. The van der Waals surface area contributed by atoms with Crippen molar-refractivity contribution < 1.29 is 10.0 Å². The van der Waals surface area contributed by atoms with Crippen LogP contribution in [0.1, 0.15) is 11.7 Å². The molecule has 0 spiro atoms. The molecule has 3 N–H and O–H groups in total. The smallest absolute Gasteiger partial charge is 0.315 e. The van der Waals surface area contributed by atoms with Crippen molar-refractivity contribution in [3.63, 3.8) is 0 Å². The molecule has 1 atom stereocenters. The lowest BCUT2D eigenvalue weighted by Gasteiger charge is -2.14. The van der Waals surface area contributed by atoms with Gasteiger partial charge in [-0.15, -0.1) is 0 Å². The molecule has 0 bridgehead atoms. The van der Waals surface area contributed by atoms with Gasteiger partial charge in [0.2, 0.25) is 0 Å². The number of aliphatic hydroxyl groups excluding tert-OH is 1. The predicted molar refractivity (Wildman–Crippen MR) is 82.5 cm³/mol. The van der Waals surface area contributed by atoms with E-state index in [0.717, 1.165) is 5.56 Å². The molecule has 1 unspecified atom stereocenters. The molecule has 0 radical (unpaired) electrons. The molecule has 0 saturated carbocycles. The van der Waals surface area contributed by atoms with Gasteiger partial charge in [-0.25, -0.2) is 0 Å². The summed E-state index contributed by atoms with van der Waals surface area (Å²) in [5.74, 6) is 0. The van der Waals surface area contributed by atoms with Crippen LogP contribution < -0.4 is 10.6 Å². The first kappa shape index (κ1) is 14.8. The lowest BCUT2D eigenvalue weighted by atomic mass is 10.1. The van der Waals surface area contributed by atoms with Gasteiger partial charge in [-0.2, -0.15) is 0 Å².